The van der Waals surface area contributed by atoms with Gasteiger partial charge in [-0.25, -0.2) is 9.69 Å². The zero-order valence-corrected chi connectivity index (χ0v) is 15.5. The smallest absolute Gasteiger partial charge is 0.416 e. The third-order valence-corrected chi connectivity index (χ3v) is 6.04. The number of amides is 2. The van der Waals surface area contributed by atoms with Crippen molar-refractivity contribution in [1.29, 1.82) is 0 Å². The fraction of sp³-hybridized carbons (Fsp3) is 0.619. The number of benzene rings is 1. The summed E-state index contributed by atoms with van der Waals surface area (Å²) in [6, 6.07) is 10.5. The molecule has 2 fully saturated rings. The second-order valence-electron chi connectivity index (χ2n) is 8.18. The van der Waals surface area contributed by atoms with Gasteiger partial charge in [-0.2, -0.15) is 0 Å². The standard InChI is InChI=1S/C21H29NO3/c1-15-11-12-17(21(2,3)16-8-5-4-6-9-16)18(14-15)25-20(24)22-13-7-10-19(22)23/h4-6,8-9,15,17-18H,7,10-14H2,1-3H3/t15-,17-,18-/m0/s1. The van der Waals surface area contributed by atoms with Crippen molar-refractivity contribution in [2.24, 2.45) is 11.8 Å². The maximum absolute atomic E-state index is 12.5. The summed E-state index contributed by atoms with van der Waals surface area (Å²) in [7, 11) is 0. The van der Waals surface area contributed by atoms with E-state index in [0.717, 1.165) is 25.7 Å². The predicted molar refractivity (Wildman–Crippen MR) is 97.2 cm³/mol. The highest BCUT2D eigenvalue weighted by molar-refractivity contribution is 5.93. The van der Waals surface area contributed by atoms with E-state index in [1.807, 2.05) is 6.07 Å². The van der Waals surface area contributed by atoms with Crippen molar-refractivity contribution in [3.63, 3.8) is 0 Å². The lowest BCUT2D eigenvalue weighted by molar-refractivity contribution is -0.127. The molecule has 2 aliphatic rings. The first-order valence-electron chi connectivity index (χ1n) is 9.46. The minimum absolute atomic E-state index is 0.0820. The molecule has 1 aromatic rings. The van der Waals surface area contributed by atoms with Crippen molar-refractivity contribution in [2.75, 3.05) is 6.54 Å². The van der Waals surface area contributed by atoms with Crippen LogP contribution in [0.3, 0.4) is 0 Å². The van der Waals surface area contributed by atoms with Gasteiger partial charge in [0.05, 0.1) is 0 Å². The molecule has 1 heterocycles. The molecule has 1 saturated heterocycles. The SMILES string of the molecule is C[C@H]1CC[C@H](C(C)(C)c2ccccc2)[C@@H](OC(=O)N2CCCC2=O)C1. The van der Waals surface area contributed by atoms with Crippen LogP contribution in [-0.4, -0.2) is 29.5 Å². The Bertz CT molecular complexity index is 625. The molecule has 1 saturated carbocycles. The maximum atomic E-state index is 12.5. The fourth-order valence-electron chi connectivity index (χ4n) is 4.40. The molecule has 1 aromatic carbocycles. The van der Waals surface area contributed by atoms with Gasteiger partial charge in [0.25, 0.3) is 0 Å². The van der Waals surface area contributed by atoms with E-state index >= 15 is 0 Å². The molecule has 0 spiro atoms. The lowest BCUT2D eigenvalue weighted by atomic mass is 9.64. The number of carbonyl (C=O) groups excluding carboxylic acids is 2. The summed E-state index contributed by atoms with van der Waals surface area (Å²) >= 11 is 0. The summed E-state index contributed by atoms with van der Waals surface area (Å²) < 4.78 is 5.90. The van der Waals surface area contributed by atoms with Crippen LogP contribution in [0.1, 0.15) is 58.4 Å². The molecule has 0 N–H and O–H groups in total. The van der Waals surface area contributed by atoms with Gasteiger partial charge in [0.2, 0.25) is 5.91 Å². The Labute approximate surface area is 150 Å². The minimum atomic E-state index is -0.449. The number of carbonyl (C=O) groups is 2. The van der Waals surface area contributed by atoms with Gasteiger partial charge in [-0.3, -0.25) is 4.79 Å². The van der Waals surface area contributed by atoms with Crippen LogP contribution >= 0.6 is 0 Å². The average Bonchev–Trinajstić information content (AvgIpc) is 3.01. The van der Waals surface area contributed by atoms with Crippen LogP contribution in [0.15, 0.2) is 30.3 Å². The largest absolute Gasteiger partial charge is 0.445 e. The predicted octanol–water partition coefficient (Wildman–Crippen LogP) is 4.53. The van der Waals surface area contributed by atoms with E-state index in [2.05, 4.69) is 45.0 Å². The number of rotatable bonds is 3. The molecule has 25 heavy (non-hydrogen) atoms. The third-order valence-electron chi connectivity index (χ3n) is 6.04. The number of hydrogen-bond acceptors (Lipinski definition) is 3. The number of likely N-dealkylation sites (tertiary alicyclic amines) is 1. The first-order chi connectivity index (χ1) is 11.9. The molecule has 4 heteroatoms. The molecular formula is C21H29NO3. The molecule has 3 atom stereocenters. The Morgan fingerprint density at radius 1 is 1.20 bits per heavy atom. The first-order valence-corrected chi connectivity index (χ1v) is 9.46. The zero-order chi connectivity index (χ0) is 18.0. The summed E-state index contributed by atoms with van der Waals surface area (Å²) in [5.74, 6) is 0.690. The molecule has 136 valence electrons. The van der Waals surface area contributed by atoms with E-state index in [1.165, 1.54) is 10.5 Å². The second-order valence-corrected chi connectivity index (χ2v) is 8.18. The van der Waals surface area contributed by atoms with E-state index in [-0.39, 0.29) is 23.3 Å². The fourth-order valence-corrected chi connectivity index (χ4v) is 4.40. The van der Waals surface area contributed by atoms with Gasteiger partial charge in [-0.1, -0.05) is 57.5 Å². The Hall–Kier alpha value is -1.84. The summed E-state index contributed by atoms with van der Waals surface area (Å²) in [4.78, 5) is 25.7. The number of imide groups is 1. The molecular weight excluding hydrogens is 314 g/mol. The van der Waals surface area contributed by atoms with Crippen molar-refractivity contribution in [2.45, 2.75) is 64.4 Å². The number of ether oxygens (including phenoxy) is 1. The Morgan fingerprint density at radius 2 is 1.92 bits per heavy atom. The van der Waals surface area contributed by atoms with Crippen LogP contribution < -0.4 is 0 Å². The third kappa shape index (κ3) is 3.73. The zero-order valence-electron chi connectivity index (χ0n) is 15.5. The van der Waals surface area contributed by atoms with Crippen LogP contribution in [0.5, 0.6) is 0 Å². The van der Waals surface area contributed by atoms with E-state index < -0.39 is 6.09 Å². The second kappa shape index (κ2) is 7.19. The van der Waals surface area contributed by atoms with Crippen molar-refractivity contribution < 1.29 is 14.3 Å². The van der Waals surface area contributed by atoms with Gasteiger partial charge < -0.3 is 4.74 Å². The molecule has 4 nitrogen and oxygen atoms in total. The minimum Gasteiger partial charge on any atom is -0.445 e. The van der Waals surface area contributed by atoms with Crippen molar-refractivity contribution in [3.8, 4) is 0 Å². The molecule has 0 aromatic heterocycles. The van der Waals surface area contributed by atoms with Gasteiger partial charge in [0.1, 0.15) is 6.10 Å². The topological polar surface area (TPSA) is 46.6 Å². The maximum Gasteiger partial charge on any atom is 0.416 e. The highest BCUT2D eigenvalue weighted by Gasteiger charge is 2.43. The van der Waals surface area contributed by atoms with E-state index in [1.54, 1.807) is 0 Å². The summed E-state index contributed by atoms with van der Waals surface area (Å²) in [5, 5.41) is 0. The molecule has 1 aliphatic carbocycles. The molecule has 0 bridgehead atoms. The molecule has 0 unspecified atom stereocenters. The van der Waals surface area contributed by atoms with Gasteiger partial charge in [-0.05, 0) is 36.2 Å². The van der Waals surface area contributed by atoms with Crippen LogP contribution in [0.4, 0.5) is 4.79 Å². The van der Waals surface area contributed by atoms with Gasteiger partial charge in [-0.15, -0.1) is 0 Å². The quantitative estimate of drug-likeness (QED) is 0.810. The van der Waals surface area contributed by atoms with E-state index in [4.69, 9.17) is 4.74 Å². The first kappa shape index (κ1) is 18.0. The number of nitrogens with zero attached hydrogens (tertiary/aromatic N) is 1. The van der Waals surface area contributed by atoms with Crippen LogP contribution in [0, 0.1) is 11.8 Å². The Morgan fingerprint density at radius 3 is 2.56 bits per heavy atom. The molecule has 3 rings (SSSR count). The lowest BCUT2D eigenvalue weighted by Gasteiger charge is -2.44. The summed E-state index contributed by atoms with van der Waals surface area (Å²) in [6.45, 7) is 7.19. The molecule has 2 amide bonds. The summed E-state index contributed by atoms with van der Waals surface area (Å²) in [5.41, 5.74) is 1.19. The number of hydrogen-bond donors (Lipinski definition) is 0. The van der Waals surface area contributed by atoms with Crippen LogP contribution in [0.25, 0.3) is 0 Å². The Balaban J connectivity index is 1.79. The highest BCUT2D eigenvalue weighted by atomic mass is 16.6. The monoisotopic (exact) mass is 343 g/mol. The van der Waals surface area contributed by atoms with Crippen molar-refractivity contribution >= 4 is 12.0 Å². The van der Waals surface area contributed by atoms with Gasteiger partial charge in [0, 0.05) is 18.9 Å². The van der Waals surface area contributed by atoms with Crippen LogP contribution in [-0.2, 0) is 14.9 Å². The van der Waals surface area contributed by atoms with E-state index in [9.17, 15) is 9.59 Å². The van der Waals surface area contributed by atoms with Crippen LogP contribution in [0.2, 0.25) is 0 Å². The Kier molecular flexibility index (Phi) is 5.16. The molecule has 1 aliphatic heterocycles. The molecule has 0 radical (unpaired) electrons. The average molecular weight is 343 g/mol. The highest BCUT2D eigenvalue weighted by Crippen LogP contribution is 2.43. The summed E-state index contributed by atoms with van der Waals surface area (Å²) in [6.07, 6.45) is 3.67. The lowest BCUT2D eigenvalue weighted by Crippen LogP contribution is -2.45. The van der Waals surface area contributed by atoms with Gasteiger partial charge >= 0.3 is 6.09 Å². The van der Waals surface area contributed by atoms with Crippen molar-refractivity contribution in [3.05, 3.63) is 35.9 Å². The van der Waals surface area contributed by atoms with Gasteiger partial charge in [0.15, 0.2) is 0 Å². The normalized spacial score (nSPS) is 27.4. The van der Waals surface area contributed by atoms with E-state index in [0.29, 0.717) is 18.9 Å². The van der Waals surface area contributed by atoms with Crippen molar-refractivity contribution in [1.82, 2.24) is 4.90 Å².